The molecule has 0 unspecified atom stereocenters. The molecule has 7 heteroatoms. The van der Waals surface area contributed by atoms with Crippen LogP contribution in [0.3, 0.4) is 0 Å². The number of hydrogen-bond acceptors (Lipinski definition) is 5. The zero-order chi connectivity index (χ0) is 15.8. The van der Waals surface area contributed by atoms with E-state index < -0.39 is 11.2 Å². The summed E-state index contributed by atoms with van der Waals surface area (Å²) in [5.41, 5.74) is -1.26. The summed E-state index contributed by atoms with van der Waals surface area (Å²) in [5, 5.41) is 0. The summed E-state index contributed by atoms with van der Waals surface area (Å²) in [6, 6.07) is 1.13. The van der Waals surface area contributed by atoms with E-state index in [2.05, 4.69) is 0 Å². The molecule has 0 saturated carbocycles. The lowest BCUT2D eigenvalue weighted by Gasteiger charge is -2.07. The zero-order valence-electron chi connectivity index (χ0n) is 12.3. The number of nitrogens with zero attached hydrogens (tertiary/aromatic N) is 1. The van der Waals surface area contributed by atoms with Crippen molar-refractivity contribution in [2.45, 2.75) is 39.5 Å². The minimum Gasteiger partial charge on any atom is -0.465 e. The van der Waals surface area contributed by atoms with E-state index in [0.29, 0.717) is 19.4 Å². The molecule has 0 atom stereocenters. The van der Waals surface area contributed by atoms with Crippen molar-refractivity contribution in [3.05, 3.63) is 33.1 Å². The predicted molar refractivity (Wildman–Crippen MR) is 76.2 cm³/mol. The Morgan fingerprint density at radius 2 is 1.95 bits per heavy atom. The first-order valence-corrected chi connectivity index (χ1v) is 6.93. The van der Waals surface area contributed by atoms with E-state index in [0.717, 1.165) is 17.1 Å². The first-order valence-electron chi connectivity index (χ1n) is 6.93. The highest BCUT2D eigenvalue weighted by Gasteiger charge is 2.09. The summed E-state index contributed by atoms with van der Waals surface area (Å²) in [6.45, 7) is 3.87. The normalized spacial score (nSPS) is 10.6. The Hall–Kier alpha value is -2.18. The van der Waals surface area contributed by atoms with Crippen LogP contribution >= 0.6 is 0 Å². The van der Waals surface area contributed by atoms with Crippen LogP contribution < -0.4 is 11.2 Å². The molecule has 0 radical (unpaired) electrons. The van der Waals surface area contributed by atoms with Gasteiger partial charge in [0.25, 0.3) is 5.56 Å². The van der Waals surface area contributed by atoms with Crippen molar-refractivity contribution in [1.29, 1.82) is 0 Å². The third kappa shape index (κ3) is 5.76. The SMILES string of the molecule is CC(C)C(=O)OCCCCCC(=O)n1ccc(=O)[nH]c1=O. The minimum absolute atomic E-state index is 0.140. The van der Waals surface area contributed by atoms with Crippen molar-refractivity contribution in [2.75, 3.05) is 6.61 Å². The molecular weight excluding hydrogens is 276 g/mol. The van der Waals surface area contributed by atoms with E-state index in [9.17, 15) is 19.2 Å². The molecule has 1 N–H and O–H groups in total. The summed E-state index contributed by atoms with van der Waals surface area (Å²) < 4.78 is 5.90. The number of carbonyl (C=O) groups excluding carboxylic acids is 2. The van der Waals surface area contributed by atoms with Gasteiger partial charge in [0.1, 0.15) is 0 Å². The highest BCUT2D eigenvalue weighted by atomic mass is 16.5. The summed E-state index contributed by atoms with van der Waals surface area (Å²) in [7, 11) is 0. The molecule has 0 aliphatic heterocycles. The molecule has 0 aliphatic carbocycles. The number of unbranched alkanes of at least 4 members (excludes halogenated alkanes) is 2. The van der Waals surface area contributed by atoms with Gasteiger partial charge in [-0.15, -0.1) is 0 Å². The molecule has 1 heterocycles. The monoisotopic (exact) mass is 296 g/mol. The van der Waals surface area contributed by atoms with Crippen molar-refractivity contribution in [3.63, 3.8) is 0 Å². The highest BCUT2D eigenvalue weighted by Crippen LogP contribution is 2.03. The van der Waals surface area contributed by atoms with Crippen LogP contribution in [0.5, 0.6) is 0 Å². The van der Waals surface area contributed by atoms with Gasteiger partial charge in [-0.05, 0) is 19.3 Å². The maximum atomic E-state index is 11.8. The van der Waals surface area contributed by atoms with Gasteiger partial charge in [0, 0.05) is 18.7 Å². The van der Waals surface area contributed by atoms with Gasteiger partial charge < -0.3 is 4.74 Å². The lowest BCUT2D eigenvalue weighted by molar-refractivity contribution is -0.147. The van der Waals surface area contributed by atoms with Crippen LogP contribution in [0.1, 0.15) is 44.3 Å². The number of carbonyl (C=O) groups is 2. The minimum atomic E-state index is -0.724. The molecule has 0 bridgehead atoms. The molecule has 0 saturated heterocycles. The Kier molecular flexibility index (Phi) is 6.58. The van der Waals surface area contributed by atoms with Gasteiger partial charge in [-0.2, -0.15) is 0 Å². The molecule has 0 amide bonds. The predicted octanol–water partition coefficient (Wildman–Crippen LogP) is 0.936. The van der Waals surface area contributed by atoms with Crippen LogP contribution in [0, 0.1) is 5.92 Å². The fourth-order valence-electron chi connectivity index (χ4n) is 1.63. The van der Waals surface area contributed by atoms with Gasteiger partial charge in [-0.3, -0.25) is 19.4 Å². The van der Waals surface area contributed by atoms with Gasteiger partial charge in [0.05, 0.1) is 12.5 Å². The smallest absolute Gasteiger partial charge is 0.335 e. The molecule has 0 fully saturated rings. The summed E-state index contributed by atoms with van der Waals surface area (Å²) in [5.74, 6) is -0.736. The lowest BCUT2D eigenvalue weighted by Crippen LogP contribution is -2.32. The van der Waals surface area contributed by atoms with Crippen molar-refractivity contribution in [1.82, 2.24) is 9.55 Å². The van der Waals surface area contributed by atoms with Crippen LogP contribution in [0.4, 0.5) is 0 Å². The maximum absolute atomic E-state index is 11.8. The molecule has 0 aliphatic rings. The number of nitrogens with one attached hydrogen (secondary N) is 1. The summed E-state index contributed by atoms with van der Waals surface area (Å²) in [6.07, 6.45) is 3.35. The molecule has 7 nitrogen and oxygen atoms in total. The van der Waals surface area contributed by atoms with Crippen molar-refractivity contribution in [3.8, 4) is 0 Å². The van der Waals surface area contributed by atoms with Gasteiger partial charge in [-0.25, -0.2) is 9.36 Å². The van der Waals surface area contributed by atoms with Crippen LogP contribution in [-0.4, -0.2) is 28.0 Å². The highest BCUT2D eigenvalue weighted by molar-refractivity contribution is 5.78. The van der Waals surface area contributed by atoms with Crippen LogP contribution in [-0.2, 0) is 9.53 Å². The van der Waals surface area contributed by atoms with Crippen LogP contribution in [0.25, 0.3) is 0 Å². The van der Waals surface area contributed by atoms with E-state index in [-0.39, 0.29) is 24.2 Å². The Morgan fingerprint density at radius 1 is 1.24 bits per heavy atom. The topological polar surface area (TPSA) is 98.2 Å². The van der Waals surface area contributed by atoms with Crippen LogP contribution in [0.2, 0.25) is 0 Å². The Morgan fingerprint density at radius 3 is 2.57 bits per heavy atom. The van der Waals surface area contributed by atoms with Crippen LogP contribution in [0.15, 0.2) is 21.9 Å². The molecule has 1 rings (SSSR count). The van der Waals surface area contributed by atoms with Crippen molar-refractivity contribution >= 4 is 11.9 Å². The first kappa shape index (κ1) is 16.9. The fourth-order valence-corrected chi connectivity index (χ4v) is 1.63. The fraction of sp³-hybridized carbons (Fsp3) is 0.571. The number of aromatic nitrogens is 2. The van der Waals surface area contributed by atoms with Gasteiger partial charge in [0.15, 0.2) is 0 Å². The third-order valence-corrected chi connectivity index (χ3v) is 2.84. The van der Waals surface area contributed by atoms with Gasteiger partial charge in [-0.1, -0.05) is 13.8 Å². The standard InChI is InChI=1S/C14H20N2O5/c1-10(2)13(19)21-9-5-3-4-6-12(18)16-8-7-11(17)15-14(16)20/h7-8,10H,3-6,9H2,1-2H3,(H,15,17,20). The second-order valence-corrected chi connectivity index (χ2v) is 5.01. The molecule has 21 heavy (non-hydrogen) atoms. The average molecular weight is 296 g/mol. The zero-order valence-corrected chi connectivity index (χ0v) is 12.3. The van der Waals surface area contributed by atoms with E-state index in [1.165, 1.54) is 6.20 Å². The lowest BCUT2D eigenvalue weighted by atomic mass is 10.2. The quantitative estimate of drug-likeness (QED) is 0.596. The van der Waals surface area contributed by atoms with E-state index in [4.69, 9.17) is 4.74 Å². The molecule has 0 aromatic carbocycles. The molecule has 0 spiro atoms. The molecule has 116 valence electrons. The van der Waals surface area contributed by atoms with Crippen molar-refractivity contribution in [2.24, 2.45) is 5.92 Å². The molecule has 1 aromatic rings. The number of hydrogen-bond donors (Lipinski definition) is 1. The number of aromatic amines is 1. The first-order chi connectivity index (χ1) is 9.91. The Labute approximate surface area is 121 Å². The van der Waals surface area contributed by atoms with Gasteiger partial charge >= 0.3 is 11.7 Å². The van der Waals surface area contributed by atoms with E-state index in [1.54, 1.807) is 13.8 Å². The Balaban J connectivity index is 2.27. The summed E-state index contributed by atoms with van der Waals surface area (Å²) in [4.78, 5) is 47.2. The third-order valence-electron chi connectivity index (χ3n) is 2.84. The van der Waals surface area contributed by atoms with E-state index in [1.807, 2.05) is 4.98 Å². The maximum Gasteiger partial charge on any atom is 0.335 e. The van der Waals surface area contributed by atoms with Crippen molar-refractivity contribution < 1.29 is 14.3 Å². The average Bonchev–Trinajstić information content (AvgIpc) is 2.41. The number of esters is 1. The second-order valence-electron chi connectivity index (χ2n) is 5.01. The van der Waals surface area contributed by atoms with Gasteiger partial charge in [0.2, 0.25) is 5.91 Å². The summed E-state index contributed by atoms with van der Waals surface area (Å²) >= 11 is 0. The largest absolute Gasteiger partial charge is 0.465 e. The Bertz CT molecular complexity index is 600. The second kappa shape index (κ2) is 8.18. The number of ether oxygens (including phenoxy) is 1. The number of H-pyrrole nitrogens is 1. The van der Waals surface area contributed by atoms with E-state index >= 15 is 0 Å². The molecular formula is C14H20N2O5. The molecule has 1 aromatic heterocycles. The number of rotatable bonds is 7.